The van der Waals surface area contributed by atoms with Gasteiger partial charge >= 0.3 is 0 Å². The maximum Gasteiger partial charge on any atom is 0.0414 e. The molecule has 1 aliphatic rings. The highest BCUT2D eigenvalue weighted by Crippen LogP contribution is 2.32. The third-order valence-electron chi connectivity index (χ3n) is 4.00. The number of hydrogen-bond acceptors (Lipinski definition) is 2. The van der Waals surface area contributed by atoms with Crippen molar-refractivity contribution in [2.45, 2.75) is 52.0 Å². The number of unbranched alkanes of at least 4 members (excludes halogenated alkanes) is 1. The summed E-state index contributed by atoms with van der Waals surface area (Å²) in [5.41, 5.74) is 2.96. The van der Waals surface area contributed by atoms with E-state index in [4.69, 9.17) is 0 Å². The molecule has 1 heterocycles. The fourth-order valence-electron chi connectivity index (χ4n) is 2.94. The van der Waals surface area contributed by atoms with Crippen molar-refractivity contribution >= 4 is 5.69 Å². The third-order valence-corrected chi connectivity index (χ3v) is 4.00. The molecule has 0 bridgehead atoms. The van der Waals surface area contributed by atoms with Gasteiger partial charge in [-0.15, -0.1) is 0 Å². The van der Waals surface area contributed by atoms with Crippen LogP contribution >= 0.6 is 0 Å². The van der Waals surface area contributed by atoms with E-state index in [0.717, 1.165) is 6.54 Å². The first kappa shape index (κ1) is 14.4. The van der Waals surface area contributed by atoms with Crippen LogP contribution in [-0.4, -0.2) is 19.6 Å². The van der Waals surface area contributed by atoms with Gasteiger partial charge in [-0.3, -0.25) is 0 Å². The van der Waals surface area contributed by atoms with Gasteiger partial charge in [-0.05, 0) is 43.9 Å². The Morgan fingerprint density at radius 3 is 2.84 bits per heavy atom. The van der Waals surface area contributed by atoms with E-state index in [1.54, 1.807) is 0 Å². The Morgan fingerprint density at radius 1 is 1.21 bits per heavy atom. The van der Waals surface area contributed by atoms with E-state index in [1.165, 1.54) is 56.4 Å². The van der Waals surface area contributed by atoms with E-state index in [0.29, 0.717) is 6.04 Å². The summed E-state index contributed by atoms with van der Waals surface area (Å²) in [6.45, 7) is 8.04. The molecule has 0 aliphatic carbocycles. The fourth-order valence-corrected chi connectivity index (χ4v) is 2.94. The Kier molecular flexibility index (Phi) is 5.71. The van der Waals surface area contributed by atoms with Gasteiger partial charge in [-0.25, -0.2) is 0 Å². The Morgan fingerprint density at radius 2 is 2.05 bits per heavy atom. The largest absolute Gasteiger partial charge is 0.371 e. The van der Waals surface area contributed by atoms with Gasteiger partial charge in [-0.1, -0.05) is 38.5 Å². The second kappa shape index (κ2) is 7.54. The van der Waals surface area contributed by atoms with Crippen molar-refractivity contribution in [3.8, 4) is 0 Å². The van der Waals surface area contributed by atoms with Gasteiger partial charge in [0.25, 0.3) is 0 Å². The summed E-state index contributed by atoms with van der Waals surface area (Å²) in [6, 6.07) is 9.52. The molecule has 0 saturated heterocycles. The van der Waals surface area contributed by atoms with Gasteiger partial charge in [0.2, 0.25) is 0 Å². The molecule has 1 aromatic carbocycles. The average molecular weight is 260 g/mol. The molecular formula is C17H28N2. The number of nitrogens with one attached hydrogen (secondary N) is 1. The van der Waals surface area contributed by atoms with Crippen molar-refractivity contribution in [1.29, 1.82) is 0 Å². The van der Waals surface area contributed by atoms with E-state index in [2.05, 4.69) is 48.3 Å². The molecule has 0 aromatic heterocycles. The van der Waals surface area contributed by atoms with E-state index < -0.39 is 0 Å². The zero-order valence-corrected chi connectivity index (χ0v) is 12.5. The van der Waals surface area contributed by atoms with Gasteiger partial charge in [0.15, 0.2) is 0 Å². The highest BCUT2D eigenvalue weighted by molar-refractivity contribution is 5.55. The third kappa shape index (κ3) is 3.73. The Bertz CT molecular complexity index is 340. The zero-order chi connectivity index (χ0) is 13.5. The zero-order valence-electron chi connectivity index (χ0n) is 12.5. The lowest BCUT2D eigenvalue weighted by Gasteiger charge is -2.26. The maximum absolute atomic E-state index is 3.72. The number of fused-ring (bicyclic) bond motifs is 1. The molecule has 0 saturated carbocycles. The molecule has 2 nitrogen and oxygen atoms in total. The average Bonchev–Trinajstić information content (AvgIpc) is 2.62. The van der Waals surface area contributed by atoms with Gasteiger partial charge in [0, 0.05) is 24.8 Å². The highest BCUT2D eigenvalue weighted by atomic mass is 15.1. The molecule has 1 unspecified atom stereocenters. The summed E-state index contributed by atoms with van der Waals surface area (Å²) in [6.07, 6.45) is 6.33. The van der Waals surface area contributed by atoms with Crippen molar-refractivity contribution in [2.75, 3.05) is 24.5 Å². The van der Waals surface area contributed by atoms with Gasteiger partial charge in [0.1, 0.15) is 0 Å². The summed E-state index contributed by atoms with van der Waals surface area (Å²) in [4.78, 5) is 2.59. The monoisotopic (exact) mass is 260 g/mol. The normalized spacial score (nSPS) is 19.1. The minimum atomic E-state index is 0.544. The van der Waals surface area contributed by atoms with E-state index >= 15 is 0 Å². The van der Waals surface area contributed by atoms with Crippen LogP contribution in [0.5, 0.6) is 0 Å². The lowest BCUT2D eigenvalue weighted by molar-refractivity contribution is 0.495. The van der Waals surface area contributed by atoms with Crippen LogP contribution in [0.2, 0.25) is 0 Å². The van der Waals surface area contributed by atoms with Crippen LogP contribution in [0.15, 0.2) is 24.3 Å². The molecule has 0 spiro atoms. The van der Waals surface area contributed by atoms with E-state index in [1.807, 2.05) is 0 Å². The van der Waals surface area contributed by atoms with Crippen molar-refractivity contribution in [3.63, 3.8) is 0 Å². The van der Waals surface area contributed by atoms with Crippen molar-refractivity contribution in [3.05, 3.63) is 29.8 Å². The first-order chi connectivity index (χ1) is 9.36. The SMILES string of the molecule is CCCCN1CCCC(NCCC)c2ccccc21. The topological polar surface area (TPSA) is 15.3 Å². The summed E-state index contributed by atoms with van der Waals surface area (Å²) in [5, 5.41) is 3.72. The minimum absolute atomic E-state index is 0.544. The predicted octanol–water partition coefficient (Wildman–Crippen LogP) is 4.13. The van der Waals surface area contributed by atoms with Gasteiger partial charge < -0.3 is 10.2 Å². The molecule has 2 heteroatoms. The second-order valence-electron chi connectivity index (χ2n) is 5.55. The van der Waals surface area contributed by atoms with Crippen LogP contribution in [0.4, 0.5) is 5.69 Å². The van der Waals surface area contributed by atoms with Crippen molar-refractivity contribution < 1.29 is 0 Å². The number of benzene rings is 1. The Labute approximate surface area is 118 Å². The molecule has 1 aliphatic heterocycles. The first-order valence-electron chi connectivity index (χ1n) is 7.94. The molecule has 0 amide bonds. The Balaban J connectivity index is 2.18. The molecular weight excluding hydrogens is 232 g/mol. The molecule has 2 rings (SSSR count). The van der Waals surface area contributed by atoms with Crippen LogP contribution in [0, 0.1) is 0 Å². The number of hydrogen-bond donors (Lipinski definition) is 1. The van der Waals surface area contributed by atoms with Crippen molar-refractivity contribution in [1.82, 2.24) is 5.32 Å². The lowest BCUT2D eigenvalue weighted by atomic mass is 10.0. The minimum Gasteiger partial charge on any atom is -0.371 e. The van der Waals surface area contributed by atoms with E-state index in [9.17, 15) is 0 Å². The summed E-state index contributed by atoms with van der Waals surface area (Å²) in [7, 11) is 0. The summed E-state index contributed by atoms with van der Waals surface area (Å²) in [5.74, 6) is 0. The lowest BCUT2D eigenvalue weighted by Crippen LogP contribution is -2.25. The maximum atomic E-state index is 3.72. The van der Waals surface area contributed by atoms with Crippen LogP contribution in [-0.2, 0) is 0 Å². The molecule has 106 valence electrons. The molecule has 0 fully saturated rings. The fraction of sp³-hybridized carbons (Fsp3) is 0.647. The molecule has 1 aromatic rings. The quantitative estimate of drug-likeness (QED) is 0.827. The van der Waals surface area contributed by atoms with Crippen LogP contribution in [0.3, 0.4) is 0 Å². The summed E-state index contributed by atoms with van der Waals surface area (Å²) >= 11 is 0. The highest BCUT2D eigenvalue weighted by Gasteiger charge is 2.21. The number of nitrogens with zero attached hydrogens (tertiary/aromatic N) is 1. The molecule has 1 N–H and O–H groups in total. The van der Waals surface area contributed by atoms with Crippen LogP contribution in [0.1, 0.15) is 57.6 Å². The van der Waals surface area contributed by atoms with Crippen LogP contribution < -0.4 is 10.2 Å². The Hall–Kier alpha value is -1.02. The smallest absolute Gasteiger partial charge is 0.0414 e. The number of para-hydroxylation sites is 1. The first-order valence-corrected chi connectivity index (χ1v) is 7.94. The number of rotatable bonds is 6. The van der Waals surface area contributed by atoms with Gasteiger partial charge in [-0.2, -0.15) is 0 Å². The molecule has 0 radical (unpaired) electrons. The van der Waals surface area contributed by atoms with Gasteiger partial charge in [0.05, 0.1) is 0 Å². The van der Waals surface area contributed by atoms with E-state index in [-0.39, 0.29) is 0 Å². The summed E-state index contributed by atoms with van der Waals surface area (Å²) < 4.78 is 0. The standard InChI is InChI=1S/C17H28N2/c1-3-5-13-19-14-8-10-16(18-12-4-2)15-9-6-7-11-17(15)19/h6-7,9,11,16,18H,3-5,8,10,12-14H2,1-2H3. The van der Waals surface area contributed by atoms with Crippen molar-refractivity contribution in [2.24, 2.45) is 0 Å². The number of anilines is 1. The predicted molar refractivity (Wildman–Crippen MR) is 83.8 cm³/mol. The molecule has 1 atom stereocenters. The van der Waals surface area contributed by atoms with Crippen LogP contribution in [0.25, 0.3) is 0 Å². The second-order valence-corrected chi connectivity index (χ2v) is 5.55. The molecule has 19 heavy (non-hydrogen) atoms.